The number of benzene rings is 1. The maximum Gasteiger partial charge on any atom is 0.225 e. The van der Waals surface area contributed by atoms with Crippen LogP contribution in [0.5, 0.6) is 5.75 Å². The molecular formula is C25H36ClN5O3. The monoisotopic (exact) mass is 489 g/mol. The Morgan fingerprint density at radius 2 is 1.94 bits per heavy atom. The zero-order valence-electron chi connectivity index (χ0n) is 20.5. The molecule has 34 heavy (non-hydrogen) atoms. The summed E-state index contributed by atoms with van der Waals surface area (Å²) in [5.74, 6) is 1.84. The summed E-state index contributed by atoms with van der Waals surface area (Å²) in [6, 6.07) is 7.30. The van der Waals surface area contributed by atoms with Crippen LogP contribution in [-0.2, 0) is 22.5 Å². The molecule has 2 aliphatic rings. The Balaban J connectivity index is 1.48. The normalized spacial score (nSPS) is 22.2. The summed E-state index contributed by atoms with van der Waals surface area (Å²) in [4.78, 5) is 28.0. The number of hydrogen-bond acceptors (Lipinski definition) is 6. The molecule has 2 aliphatic heterocycles. The van der Waals surface area contributed by atoms with Gasteiger partial charge in [0.25, 0.3) is 0 Å². The van der Waals surface area contributed by atoms with Crippen LogP contribution in [0.15, 0.2) is 24.3 Å². The van der Waals surface area contributed by atoms with Gasteiger partial charge in [-0.05, 0) is 38.2 Å². The van der Waals surface area contributed by atoms with Crippen LogP contribution in [0, 0.1) is 6.92 Å². The summed E-state index contributed by atoms with van der Waals surface area (Å²) in [6.45, 7) is 10.4. The third-order valence-electron chi connectivity index (χ3n) is 6.72. The number of piperazine rings is 1. The maximum absolute atomic E-state index is 13.3. The van der Waals surface area contributed by atoms with Gasteiger partial charge in [0.1, 0.15) is 23.8 Å². The van der Waals surface area contributed by atoms with E-state index in [0.29, 0.717) is 37.0 Å². The molecule has 1 amide bonds. The number of halogens is 1. The third kappa shape index (κ3) is 6.30. The van der Waals surface area contributed by atoms with E-state index in [1.807, 2.05) is 17.0 Å². The minimum Gasteiger partial charge on any atom is -0.491 e. The van der Waals surface area contributed by atoms with Gasteiger partial charge in [-0.2, -0.15) is 0 Å². The minimum atomic E-state index is -0.726. The summed E-state index contributed by atoms with van der Waals surface area (Å²) < 4.78 is 12.5. The fraction of sp³-hybridized carbons (Fsp3) is 0.600. The largest absolute Gasteiger partial charge is 0.491 e. The highest BCUT2D eigenvalue weighted by Crippen LogP contribution is 2.27. The molecule has 1 aromatic heterocycles. The number of imidazole rings is 1. The van der Waals surface area contributed by atoms with Gasteiger partial charge in [0.2, 0.25) is 5.91 Å². The molecule has 2 fully saturated rings. The average molecular weight is 490 g/mol. The fourth-order valence-electron chi connectivity index (χ4n) is 4.59. The summed E-state index contributed by atoms with van der Waals surface area (Å²) in [6.07, 6.45) is 1.17. The fourth-order valence-corrected chi connectivity index (χ4v) is 4.72. The topological polar surface area (TPSA) is 73.9 Å². The lowest BCUT2D eigenvalue weighted by Crippen LogP contribution is -2.58. The highest BCUT2D eigenvalue weighted by molar-refractivity contribution is 6.30. The minimum absolute atomic E-state index is 0.124. The van der Waals surface area contributed by atoms with Crippen molar-refractivity contribution in [2.75, 3.05) is 59.5 Å². The van der Waals surface area contributed by atoms with Gasteiger partial charge in [-0.25, -0.2) is 4.98 Å². The number of amides is 1. The van der Waals surface area contributed by atoms with Crippen LogP contribution < -0.4 is 4.74 Å². The third-order valence-corrected chi connectivity index (χ3v) is 6.97. The number of likely N-dealkylation sites (N-methyl/N-ethyl adjacent to an activating group) is 1. The number of aromatic nitrogens is 2. The first kappa shape index (κ1) is 25.0. The van der Waals surface area contributed by atoms with E-state index < -0.39 is 5.60 Å². The van der Waals surface area contributed by atoms with Crippen molar-refractivity contribution in [1.29, 1.82) is 0 Å². The Hall–Kier alpha value is -2.13. The second kappa shape index (κ2) is 11.1. The number of morpholine rings is 1. The molecule has 8 nitrogen and oxygen atoms in total. The molecule has 3 heterocycles. The molecule has 0 spiro atoms. The lowest BCUT2D eigenvalue weighted by molar-refractivity contribution is -0.158. The first-order chi connectivity index (χ1) is 16.4. The zero-order valence-corrected chi connectivity index (χ0v) is 21.2. The second-order valence-electron chi connectivity index (χ2n) is 9.45. The van der Waals surface area contributed by atoms with Crippen LogP contribution in [0.2, 0.25) is 5.02 Å². The first-order valence-corrected chi connectivity index (χ1v) is 12.5. The van der Waals surface area contributed by atoms with E-state index in [-0.39, 0.29) is 5.91 Å². The Bertz CT molecular complexity index is 958. The molecule has 0 radical (unpaired) electrons. The number of aromatic amines is 1. The standard InChI is InChI=1S/C25H36ClN5O3/c1-4-23-27-19(2)22(28-23)16-30-13-14-34-25(17-30,18-33-21-7-5-20(26)6-8-21)15-24(32)31-11-9-29(3)10-12-31/h5-8H,4,9-18H2,1-3H3,(H,27,28). The molecule has 4 rings (SSSR count). The molecule has 1 unspecified atom stereocenters. The van der Waals surface area contributed by atoms with Gasteiger partial charge in [0.05, 0.1) is 18.7 Å². The lowest BCUT2D eigenvalue weighted by atomic mass is 9.96. The lowest BCUT2D eigenvalue weighted by Gasteiger charge is -2.43. The number of carbonyl (C=O) groups excluding carboxylic acids is 1. The number of nitrogens with zero attached hydrogens (tertiary/aromatic N) is 4. The molecule has 186 valence electrons. The number of nitrogens with one attached hydrogen (secondary N) is 1. The molecule has 9 heteroatoms. The van der Waals surface area contributed by atoms with Gasteiger partial charge in [-0.1, -0.05) is 18.5 Å². The van der Waals surface area contributed by atoms with E-state index in [1.54, 1.807) is 12.1 Å². The van der Waals surface area contributed by atoms with E-state index in [2.05, 4.69) is 35.7 Å². The Morgan fingerprint density at radius 1 is 1.21 bits per heavy atom. The molecular weight excluding hydrogens is 454 g/mol. The van der Waals surface area contributed by atoms with Crippen molar-refractivity contribution in [3.05, 3.63) is 46.5 Å². The van der Waals surface area contributed by atoms with Crippen molar-refractivity contribution in [2.24, 2.45) is 0 Å². The average Bonchev–Trinajstić information content (AvgIpc) is 3.18. The number of rotatable bonds is 8. The molecule has 0 bridgehead atoms. The van der Waals surface area contributed by atoms with Gasteiger partial charge in [-0.15, -0.1) is 0 Å². The number of ether oxygens (including phenoxy) is 2. The number of carbonyl (C=O) groups is 1. The number of H-pyrrole nitrogens is 1. The predicted octanol–water partition coefficient (Wildman–Crippen LogP) is 2.75. The molecule has 2 saturated heterocycles. The maximum atomic E-state index is 13.3. The smallest absolute Gasteiger partial charge is 0.225 e. The van der Waals surface area contributed by atoms with Crippen LogP contribution in [-0.4, -0.2) is 95.7 Å². The first-order valence-electron chi connectivity index (χ1n) is 12.1. The SMILES string of the molecule is CCc1nc(CN2CCOC(COc3ccc(Cl)cc3)(CC(=O)N3CCN(C)CC3)C2)c(C)[nH]1. The number of hydrogen-bond donors (Lipinski definition) is 1. The van der Waals surface area contributed by atoms with E-state index in [1.165, 1.54) is 0 Å². The van der Waals surface area contributed by atoms with Gasteiger partial charge in [0.15, 0.2) is 0 Å². The molecule has 0 aliphatic carbocycles. The van der Waals surface area contributed by atoms with Crippen molar-refractivity contribution in [3.8, 4) is 5.75 Å². The summed E-state index contributed by atoms with van der Waals surface area (Å²) in [5, 5.41) is 0.660. The molecule has 1 atom stereocenters. The Morgan fingerprint density at radius 3 is 2.62 bits per heavy atom. The van der Waals surface area contributed by atoms with Crippen molar-refractivity contribution in [1.82, 2.24) is 24.7 Å². The van der Waals surface area contributed by atoms with Crippen molar-refractivity contribution >= 4 is 17.5 Å². The van der Waals surface area contributed by atoms with Crippen LogP contribution in [0.25, 0.3) is 0 Å². The van der Waals surface area contributed by atoms with Crippen molar-refractivity contribution < 1.29 is 14.3 Å². The molecule has 2 aromatic rings. The molecule has 0 saturated carbocycles. The highest BCUT2D eigenvalue weighted by Gasteiger charge is 2.41. The van der Waals surface area contributed by atoms with E-state index in [0.717, 1.165) is 62.9 Å². The van der Waals surface area contributed by atoms with Crippen LogP contribution in [0.3, 0.4) is 0 Å². The Kier molecular flexibility index (Phi) is 8.14. The van der Waals surface area contributed by atoms with Gasteiger partial charge in [0, 0.05) is 63.0 Å². The van der Waals surface area contributed by atoms with E-state index >= 15 is 0 Å². The summed E-state index contributed by atoms with van der Waals surface area (Å²) in [7, 11) is 2.09. The van der Waals surface area contributed by atoms with Gasteiger partial charge < -0.3 is 24.3 Å². The second-order valence-corrected chi connectivity index (χ2v) is 9.89. The molecule has 1 aromatic carbocycles. The van der Waals surface area contributed by atoms with Crippen LogP contribution in [0.4, 0.5) is 0 Å². The zero-order chi connectivity index (χ0) is 24.1. The van der Waals surface area contributed by atoms with Gasteiger partial charge >= 0.3 is 0 Å². The number of aryl methyl sites for hydroxylation is 2. The van der Waals surface area contributed by atoms with Crippen molar-refractivity contribution in [3.63, 3.8) is 0 Å². The quantitative estimate of drug-likeness (QED) is 0.614. The van der Waals surface area contributed by atoms with Crippen LogP contribution in [0.1, 0.15) is 30.6 Å². The highest BCUT2D eigenvalue weighted by atomic mass is 35.5. The summed E-state index contributed by atoms with van der Waals surface area (Å²) >= 11 is 6.03. The summed E-state index contributed by atoms with van der Waals surface area (Å²) in [5.41, 5.74) is 1.42. The molecule has 1 N–H and O–H groups in total. The van der Waals surface area contributed by atoms with Gasteiger partial charge in [-0.3, -0.25) is 9.69 Å². The van der Waals surface area contributed by atoms with E-state index in [9.17, 15) is 4.79 Å². The van der Waals surface area contributed by atoms with Crippen molar-refractivity contribution in [2.45, 2.75) is 38.8 Å². The van der Waals surface area contributed by atoms with E-state index in [4.69, 9.17) is 26.1 Å². The Labute approximate surface area is 207 Å². The van der Waals surface area contributed by atoms with Crippen LogP contribution >= 0.6 is 11.6 Å². The predicted molar refractivity (Wildman–Crippen MR) is 132 cm³/mol.